The highest BCUT2D eigenvalue weighted by Gasteiger charge is 2.26. The molecule has 0 aliphatic heterocycles. The summed E-state index contributed by atoms with van der Waals surface area (Å²) in [4.78, 5) is 36.2. The first-order valence-corrected chi connectivity index (χ1v) is 10.3. The van der Waals surface area contributed by atoms with Crippen molar-refractivity contribution in [2.75, 3.05) is 11.9 Å². The van der Waals surface area contributed by atoms with Gasteiger partial charge in [0.25, 0.3) is 0 Å². The highest BCUT2D eigenvalue weighted by Crippen LogP contribution is 2.41. The molecule has 1 aromatic heterocycles. The van der Waals surface area contributed by atoms with E-state index >= 15 is 0 Å². The van der Waals surface area contributed by atoms with Gasteiger partial charge in [0.1, 0.15) is 10.6 Å². The predicted molar refractivity (Wildman–Crippen MR) is 112 cm³/mol. The molecule has 0 radical (unpaired) electrons. The molecular weight excluding hydrogens is 390 g/mol. The van der Waals surface area contributed by atoms with Crippen LogP contribution in [0, 0.1) is 6.92 Å². The van der Waals surface area contributed by atoms with E-state index in [1.807, 2.05) is 31.2 Å². The lowest BCUT2D eigenvalue weighted by atomic mass is 9.86. The van der Waals surface area contributed by atoms with E-state index in [1.54, 1.807) is 6.92 Å². The number of hydrogen-bond acceptors (Lipinski definition) is 6. The molecule has 0 aliphatic carbocycles. The Morgan fingerprint density at radius 3 is 2.24 bits per heavy atom. The molecule has 6 nitrogen and oxygen atoms in total. The fraction of sp³-hybridized carbons (Fsp3) is 0.409. The normalized spacial score (nSPS) is 11.2. The van der Waals surface area contributed by atoms with Crippen molar-refractivity contribution in [2.45, 2.75) is 52.9 Å². The predicted octanol–water partition coefficient (Wildman–Crippen LogP) is 3.67. The van der Waals surface area contributed by atoms with E-state index in [0.29, 0.717) is 16.1 Å². The zero-order valence-corrected chi connectivity index (χ0v) is 18.2. The SMILES string of the molecule is CCOC(=O)c1c(NC(=O)CCC(=O)[O-])sc(C)c1-c1ccc(C(C)(C)C)cc1. The van der Waals surface area contributed by atoms with Crippen LogP contribution in [-0.4, -0.2) is 24.5 Å². The monoisotopic (exact) mass is 416 g/mol. The Morgan fingerprint density at radius 1 is 1.10 bits per heavy atom. The summed E-state index contributed by atoms with van der Waals surface area (Å²) in [6.45, 7) is 10.2. The number of esters is 1. The highest BCUT2D eigenvalue weighted by atomic mass is 32.1. The molecule has 1 heterocycles. The van der Waals surface area contributed by atoms with Crippen LogP contribution in [0.5, 0.6) is 0 Å². The van der Waals surface area contributed by atoms with Gasteiger partial charge in [-0.3, -0.25) is 4.79 Å². The maximum Gasteiger partial charge on any atom is 0.341 e. The van der Waals surface area contributed by atoms with Gasteiger partial charge in [0.15, 0.2) is 0 Å². The number of nitrogens with one attached hydrogen (secondary N) is 1. The average molecular weight is 417 g/mol. The van der Waals surface area contributed by atoms with Gasteiger partial charge in [-0.25, -0.2) is 4.79 Å². The third-order valence-corrected chi connectivity index (χ3v) is 5.43. The Bertz CT molecular complexity index is 907. The van der Waals surface area contributed by atoms with E-state index in [0.717, 1.165) is 10.4 Å². The number of rotatable bonds is 7. The summed E-state index contributed by atoms with van der Waals surface area (Å²) in [5.41, 5.74) is 3.03. The molecule has 1 amide bonds. The van der Waals surface area contributed by atoms with Gasteiger partial charge in [0.05, 0.1) is 6.61 Å². The van der Waals surface area contributed by atoms with E-state index in [4.69, 9.17) is 4.74 Å². The van der Waals surface area contributed by atoms with Crippen LogP contribution in [0.1, 0.15) is 61.3 Å². The molecule has 0 atom stereocenters. The van der Waals surface area contributed by atoms with Crippen molar-refractivity contribution in [3.63, 3.8) is 0 Å². The second-order valence-electron chi connectivity index (χ2n) is 7.71. The van der Waals surface area contributed by atoms with Crippen LogP contribution in [0.25, 0.3) is 11.1 Å². The van der Waals surface area contributed by atoms with Crippen LogP contribution in [0.15, 0.2) is 24.3 Å². The van der Waals surface area contributed by atoms with Crippen molar-refractivity contribution >= 4 is 34.2 Å². The fourth-order valence-corrected chi connectivity index (χ4v) is 4.00. The lowest BCUT2D eigenvalue weighted by molar-refractivity contribution is -0.305. The first-order valence-electron chi connectivity index (χ1n) is 9.45. The van der Waals surface area contributed by atoms with Gasteiger partial charge in [0, 0.05) is 22.8 Å². The van der Waals surface area contributed by atoms with E-state index in [9.17, 15) is 19.5 Å². The second-order valence-corrected chi connectivity index (χ2v) is 8.93. The van der Waals surface area contributed by atoms with Gasteiger partial charge < -0.3 is 20.0 Å². The number of benzene rings is 1. The molecule has 0 spiro atoms. The zero-order valence-electron chi connectivity index (χ0n) is 17.4. The Labute approximate surface area is 174 Å². The van der Waals surface area contributed by atoms with E-state index in [1.165, 1.54) is 16.9 Å². The van der Waals surface area contributed by atoms with Crippen molar-refractivity contribution < 1.29 is 24.2 Å². The molecule has 156 valence electrons. The van der Waals surface area contributed by atoms with Gasteiger partial charge in [-0.15, -0.1) is 11.3 Å². The minimum atomic E-state index is -1.30. The maximum atomic E-state index is 12.7. The second kappa shape index (κ2) is 9.22. The Kier molecular flexibility index (Phi) is 7.19. The van der Waals surface area contributed by atoms with Crippen LogP contribution < -0.4 is 10.4 Å². The first kappa shape index (κ1) is 22.6. The maximum absolute atomic E-state index is 12.7. The molecular formula is C22H26NO5S-. The van der Waals surface area contributed by atoms with Crippen molar-refractivity contribution in [1.29, 1.82) is 0 Å². The van der Waals surface area contributed by atoms with Crippen LogP contribution in [-0.2, 0) is 19.7 Å². The standard InChI is InChI=1S/C22H27NO5S/c1-6-28-21(27)19-18(14-7-9-15(10-8-14)22(3,4)5)13(2)29-20(19)23-16(24)11-12-17(25)26/h7-10H,6,11-12H2,1-5H3,(H,23,24)(H,25,26)/p-1. The number of aliphatic carboxylic acids is 1. The van der Waals surface area contributed by atoms with E-state index < -0.39 is 17.8 Å². The number of carbonyl (C=O) groups excluding carboxylic acids is 3. The van der Waals surface area contributed by atoms with E-state index in [-0.39, 0.29) is 24.9 Å². The quantitative estimate of drug-likeness (QED) is 0.695. The van der Waals surface area contributed by atoms with Crippen LogP contribution in [0.4, 0.5) is 5.00 Å². The zero-order chi connectivity index (χ0) is 21.8. The summed E-state index contributed by atoms with van der Waals surface area (Å²) < 4.78 is 5.21. The molecule has 0 bridgehead atoms. The van der Waals surface area contributed by atoms with Crippen LogP contribution in [0.3, 0.4) is 0 Å². The Morgan fingerprint density at radius 2 is 1.72 bits per heavy atom. The molecule has 0 saturated heterocycles. The number of carbonyl (C=O) groups is 3. The molecule has 1 aromatic carbocycles. The first-order chi connectivity index (χ1) is 13.5. The van der Waals surface area contributed by atoms with Crippen LogP contribution >= 0.6 is 11.3 Å². The summed E-state index contributed by atoms with van der Waals surface area (Å²) in [5.74, 6) is -2.31. The molecule has 0 saturated carbocycles. The molecule has 0 unspecified atom stereocenters. The summed E-state index contributed by atoms with van der Waals surface area (Å²) in [5, 5.41) is 13.6. The molecule has 7 heteroatoms. The molecule has 2 rings (SSSR count). The molecule has 2 aromatic rings. The van der Waals surface area contributed by atoms with Gasteiger partial charge in [-0.1, -0.05) is 45.0 Å². The number of carboxylic acid groups (broad SMARTS) is 1. The third kappa shape index (κ3) is 5.67. The summed E-state index contributed by atoms with van der Waals surface area (Å²) >= 11 is 1.27. The number of aryl methyl sites for hydroxylation is 1. The van der Waals surface area contributed by atoms with Crippen molar-refractivity contribution in [1.82, 2.24) is 0 Å². The van der Waals surface area contributed by atoms with E-state index in [2.05, 4.69) is 26.1 Å². The summed E-state index contributed by atoms with van der Waals surface area (Å²) in [6.07, 6.45) is -0.608. The van der Waals surface area contributed by atoms with Gasteiger partial charge in [-0.05, 0) is 36.8 Å². The average Bonchev–Trinajstić information content (AvgIpc) is 2.95. The Balaban J connectivity index is 2.46. The minimum Gasteiger partial charge on any atom is -0.550 e. The van der Waals surface area contributed by atoms with Crippen molar-refractivity contribution in [3.05, 3.63) is 40.3 Å². The largest absolute Gasteiger partial charge is 0.550 e. The number of ether oxygens (including phenoxy) is 1. The number of thiophene rings is 1. The number of carboxylic acids is 1. The van der Waals surface area contributed by atoms with Crippen molar-refractivity contribution in [3.8, 4) is 11.1 Å². The topological polar surface area (TPSA) is 95.5 Å². The molecule has 1 N–H and O–H groups in total. The lowest BCUT2D eigenvalue weighted by Gasteiger charge is -2.19. The third-order valence-electron chi connectivity index (χ3n) is 4.41. The number of hydrogen-bond donors (Lipinski definition) is 1. The molecule has 29 heavy (non-hydrogen) atoms. The number of amides is 1. The van der Waals surface area contributed by atoms with Gasteiger partial charge in [0.2, 0.25) is 5.91 Å². The molecule has 0 fully saturated rings. The Hall–Kier alpha value is -2.67. The summed E-state index contributed by atoms with van der Waals surface area (Å²) in [6, 6.07) is 7.97. The minimum absolute atomic E-state index is 0.00429. The van der Waals surface area contributed by atoms with Gasteiger partial charge in [-0.2, -0.15) is 0 Å². The highest BCUT2D eigenvalue weighted by molar-refractivity contribution is 7.17. The smallest absolute Gasteiger partial charge is 0.341 e. The molecule has 0 aliphatic rings. The summed E-state index contributed by atoms with van der Waals surface area (Å²) in [7, 11) is 0. The van der Waals surface area contributed by atoms with Gasteiger partial charge >= 0.3 is 5.97 Å². The number of anilines is 1. The lowest BCUT2D eigenvalue weighted by Crippen LogP contribution is -2.24. The van der Waals surface area contributed by atoms with Crippen molar-refractivity contribution in [2.24, 2.45) is 0 Å². The fourth-order valence-electron chi connectivity index (χ4n) is 2.92. The van der Waals surface area contributed by atoms with Crippen LogP contribution in [0.2, 0.25) is 0 Å².